The van der Waals surface area contributed by atoms with Gasteiger partial charge in [-0.05, 0) is 24.3 Å². The molecule has 0 spiro atoms. The number of hydrogen-bond donors (Lipinski definition) is 1. The fourth-order valence-corrected chi connectivity index (χ4v) is 1.48. The van der Waals surface area contributed by atoms with E-state index in [-0.39, 0.29) is 12.3 Å². The summed E-state index contributed by atoms with van der Waals surface area (Å²) in [4.78, 5) is 11.6. The lowest BCUT2D eigenvalue weighted by atomic mass is 10.2. The van der Waals surface area contributed by atoms with Gasteiger partial charge in [0.15, 0.2) is 0 Å². The number of anilines is 1. The first-order valence-corrected chi connectivity index (χ1v) is 6.70. The van der Waals surface area contributed by atoms with Crippen LogP contribution in [0.25, 0.3) is 0 Å². The third kappa shape index (κ3) is 8.05. The van der Waals surface area contributed by atoms with Crippen LogP contribution in [-0.4, -0.2) is 46.1 Å². The second kappa shape index (κ2) is 10.8. The topological polar surface area (TPSA) is 80.6 Å². The normalized spacial score (nSPS) is 10.1. The lowest BCUT2D eigenvalue weighted by Gasteiger charge is -2.07. The largest absolute Gasteiger partial charge is 0.382 e. The Morgan fingerprint density at radius 1 is 1.10 bits per heavy atom. The van der Waals surface area contributed by atoms with E-state index in [1.807, 2.05) is 6.07 Å². The number of amides is 1. The van der Waals surface area contributed by atoms with Crippen molar-refractivity contribution >= 4 is 11.6 Å². The predicted molar refractivity (Wildman–Crippen MR) is 77.9 cm³/mol. The van der Waals surface area contributed by atoms with Crippen LogP contribution in [-0.2, 0) is 19.0 Å². The zero-order valence-corrected chi connectivity index (χ0v) is 12.1. The van der Waals surface area contributed by atoms with Crippen LogP contribution in [0.5, 0.6) is 0 Å². The Bertz CT molecular complexity index is 454. The van der Waals surface area contributed by atoms with Gasteiger partial charge in [-0.25, -0.2) is 0 Å². The lowest BCUT2D eigenvalue weighted by molar-refractivity contribution is -0.117. The minimum absolute atomic E-state index is 0.125. The van der Waals surface area contributed by atoms with Gasteiger partial charge in [-0.2, -0.15) is 5.26 Å². The number of nitrogens with zero attached hydrogens (tertiary/aromatic N) is 1. The zero-order chi connectivity index (χ0) is 15.3. The highest BCUT2D eigenvalue weighted by molar-refractivity contribution is 5.90. The molecule has 0 radical (unpaired) electrons. The molecule has 0 aliphatic carbocycles. The van der Waals surface area contributed by atoms with Gasteiger partial charge < -0.3 is 19.5 Å². The molecule has 6 heteroatoms. The van der Waals surface area contributed by atoms with Crippen molar-refractivity contribution in [1.29, 1.82) is 5.26 Å². The maximum Gasteiger partial charge on any atom is 0.226 e. The summed E-state index contributed by atoms with van der Waals surface area (Å²) < 4.78 is 15.3. The third-order valence-electron chi connectivity index (χ3n) is 2.58. The van der Waals surface area contributed by atoms with Gasteiger partial charge in [-0.15, -0.1) is 0 Å². The summed E-state index contributed by atoms with van der Waals surface area (Å²) in [6.07, 6.45) is 0.276. The van der Waals surface area contributed by atoms with E-state index < -0.39 is 0 Å². The molecule has 114 valence electrons. The monoisotopic (exact) mass is 292 g/mol. The Morgan fingerprint density at radius 2 is 1.71 bits per heavy atom. The van der Waals surface area contributed by atoms with E-state index in [1.165, 1.54) is 0 Å². The van der Waals surface area contributed by atoms with Gasteiger partial charge in [0.2, 0.25) is 5.91 Å². The third-order valence-corrected chi connectivity index (χ3v) is 2.58. The first-order valence-electron chi connectivity index (χ1n) is 6.70. The molecule has 0 atom stereocenters. The van der Waals surface area contributed by atoms with Crippen LogP contribution >= 0.6 is 0 Å². The van der Waals surface area contributed by atoms with Crippen molar-refractivity contribution in [2.24, 2.45) is 0 Å². The van der Waals surface area contributed by atoms with Crippen molar-refractivity contribution in [3.63, 3.8) is 0 Å². The molecule has 21 heavy (non-hydrogen) atoms. The van der Waals surface area contributed by atoms with Gasteiger partial charge in [-0.1, -0.05) is 0 Å². The maximum absolute atomic E-state index is 11.6. The molecule has 0 saturated carbocycles. The number of methoxy groups -OCH3 is 1. The molecule has 1 aromatic carbocycles. The highest BCUT2D eigenvalue weighted by Gasteiger charge is 2.02. The predicted octanol–water partition coefficient (Wildman–Crippen LogP) is 1.57. The fraction of sp³-hybridized carbons (Fsp3) is 0.467. The number of carbonyl (C=O) groups excluding carboxylic acids is 1. The summed E-state index contributed by atoms with van der Waals surface area (Å²) in [5.41, 5.74) is 1.23. The molecule has 1 aromatic rings. The van der Waals surface area contributed by atoms with Gasteiger partial charge in [0.25, 0.3) is 0 Å². The minimum atomic E-state index is -0.125. The molecular formula is C15H20N2O4. The maximum atomic E-state index is 11.6. The number of hydrogen-bond acceptors (Lipinski definition) is 5. The minimum Gasteiger partial charge on any atom is -0.382 e. The second-order valence-electron chi connectivity index (χ2n) is 4.20. The summed E-state index contributed by atoms with van der Waals surface area (Å²) in [6, 6.07) is 8.72. The molecule has 0 bridgehead atoms. The molecule has 0 saturated heterocycles. The van der Waals surface area contributed by atoms with E-state index >= 15 is 0 Å². The number of nitriles is 1. The highest BCUT2D eigenvalue weighted by Crippen LogP contribution is 2.08. The molecule has 6 nitrogen and oxygen atoms in total. The summed E-state index contributed by atoms with van der Waals surface area (Å²) >= 11 is 0. The lowest BCUT2D eigenvalue weighted by Crippen LogP contribution is -2.15. The molecule has 0 fully saturated rings. The van der Waals surface area contributed by atoms with Crippen LogP contribution in [0, 0.1) is 11.3 Å². The Kier molecular flexibility index (Phi) is 8.80. The molecule has 1 rings (SSSR count). The van der Waals surface area contributed by atoms with E-state index in [9.17, 15) is 4.79 Å². The summed E-state index contributed by atoms with van der Waals surface area (Å²) in [5, 5.41) is 11.4. The molecular weight excluding hydrogens is 272 g/mol. The number of nitrogens with one attached hydrogen (secondary N) is 1. The molecule has 0 aliphatic heterocycles. The van der Waals surface area contributed by atoms with Crippen LogP contribution in [0.2, 0.25) is 0 Å². The van der Waals surface area contributed by atoms with Gasteiger partial charge in [0.1, 0.15) is 0 Å². The number of benzene rings is 1. The molecule has 0 unspecified atom stereocenters. The van der Waals surface area contributed by atoms with Gasteiger partial charge in [0, 0.05) is 12.8 Å². The van der Waals surface area contributed by atoms with Gasteiger partial charge in [0.05, 0.1) is 51.1 Å². The van der Waals surface area contributed by atoms with Crippen LogP contribution in [0.15, 0.2) is 24.3 Å². The second-order valence-corrected chi connectivity index (χ2v) is 4.20. The van der Waals surface area contributed by atoms with E-state index in [1.54, 1.807) is 31.4 Å². The van der Waals surface area contributed by atoms with Gasteiger partial charge in [-0.3, -0.25) is 4.79 Å². The van der Waals surface area contributed by atoms with Crippen LogP contribution in [0.3, 0.4) is 0 Å². The molecule has 0 aromatic heterocycles. The van der Waals surface area contributed by atoms with Crippen molar-refractivity contribution in [3.8, 4) is 6.07 Å². The van der Waals surface area contributed by atoms with Crippen molar-refractivity contribution < 1.29 is 19.0 Å². The number of carbonyl (C=O) groups is 1. The average molecular weight is 292 g/mol. The van der Waals surface area contributed by atoms with Gasteiger partial charge >= 0.3 is 0 Å². The van der Waals surface area contributed by atoms with E-state index in [4.69, 9.17) is 19.5 Å². The Morgan fingerprint density at radius 3 is 2.33 bits per heavy atom. The van der Waals surface area contributed by atoms with Crippen molar-refractivity contribution in [3.05, 3.63) is 29.8 Å². The number of ether oxygens (including phenoxy) is 3. The summed E-state index contributed by atoms with van der Waals surface area (Å²) in [7, 11) is 1.62. The Balaban J connectivity index is 2.07. The Labute approximate surface area is 124 Å². The summed E-state index contributed by atoms with van der Waals surface area (Å²) in [5.74, 6) is -0.125. The quantitative estimate of drug-likeness (QED) is 0.662. The number of rotatable bonds is 10. The van der Waals surface area contributed by atoms with E-state index in [2.05, 4.69) is 5.32 Å². The molecule has 1 amide bonds. The standard InChI is InChI=1S/C15H20N2O4/c1-19-8-9-21-11-10-20-7-6-15(18)17-14-4-2-13(12-16)3-5-14/h2-5H,6-11H2,1H3,(H,17,18). The highest BCUT2D eigenvalue weighted by atomic mass is 16.5. The van der Waals surface area contributed by atoms with E-state index in [0.29, 0.717) is 44.3 Å². The van der Waals surface area contributed by atoms with Crippen LogP contribution < -0.4 is 5.32 Å². The first-order chi connectivity index (χ1) is 10.3. The van der Waals surface area contributed by atoms with Crippen molar-refractivity contribution in [2.45, 2.75) is 6.42 Å². The zero-order valence-electron chi connectivity index (χ0n) is 12.1. The average Bonchev–Trinajstić information content (AvgIpc) is 2.50. The summed E-state index contributed by atoms with van der Waals surface area (Å²) in [6.45, 7) is 2.39. The molecule has 1 N–H and O–H groups in total. The SMILES string of the molecule is COCCOCCOCCC(=O)Nc1ccc(C#N)cc1. The molecule has 0 aliphatic rings. The molecule has 0 heterocycles. The van der Waals surface area contributed by atoms with Crippen molar-refractivity contribution in [2.75, 3.05) is 45.5 Å². The van der Waals surface area contributed by atoms with Crippen molar-refractivity contribution in [1.82, 2.24) is 0 Å². The van der Waals surface area contributed by atoms with E-state index in [0.717, 1.165) is 0 Å². The van der Waals surface area contributed by atoms with Crippen LogP contribution in [0.4, 0.5) is 5.69 Å². The van der Waals surface area contributed by atoms with Crippen LogP contribution in [0.1, 0.15) is 12.0 Å². The Hall–Kier alpha value is -1.94. The smallest absolute Gasteiger partial charge is 0.226 e. The first kappa shape index (κ1) is 17.1. The fourth-order valence-electron chi connectivity index (χ4n) is 1.48.